The van der Waals surface area contributed by atoms with Gasteiger partial charge in [-0.15, -0.1) is 0 Å². The molecule has 196 valence electrons. The van der Waals surface area contributed by atoms with Gasteiger partial charge in [0.15, 0.2) is 0 Å². The highest BCUT2D eigenvalue weighted by atomic mass is 16.6. The van der Waals surface area contributed by atoms with Crippen LogP contribution in [0.2, 0.25) is 0 Å². The Morgan fingerprint density at radius 3 is 2.27 bits per heavy atom. The number of hydrogen-bond acceptors (Lipinski definition) is 5. The molecule has 3 aromatic rings. The zero-order valence-electron chi connectivity index (χ0n) is 22.0. The maximum Gasteiger partial charge on any atom is 0.132 e. The minimum Gasteiger partial charge on any atom is -0.497 e. The largest absolute Gasteiger partial charge is 0.497 e. The smallest absolute Gasteiger partial charge is 0.132 e. The van der Waals surface area contributed by atoms with Crippen LogP contribution < -0.4 is 20.1 Å². The van der Waals surface area contributed by atoms with Gasteiger partial charge in [0.05, 0.1) is 14.2 Å². The molecule has 0 aromatic heterocycles. The van der Waals surface area contributed by atoms with Gasteiger partial charge in [-0.1, -0.05) is 62.1 Å². The lowest BCUT2D eigenvalue weighted by Crippen LogP contribution is -2.12. The molecule has 5 heteroatoms. The summed E-state index contributed by atoms with van der Waals surface area (Å²) in [6.07, 6.45) is 9.37. The van der Waals surface area contributed by atoms with Crippen molar-refractivity contribution >= 4 is 0 Å². The Hall–Kier alpha value is -3.02. The molecule has 0 radical (unpaired) electrons. The predicted octanol–water partition coefficient (Wildman–Crippen LogP) is 7.34. The van der Waals surface area contributed by atoms with Crippen molar-refractivity contribution in [1.82, 2.24) is 0 Å². The Labute approximate surface area is 220 Å². The number of rotatable bonds is 9. The fourth-order valence-corrected chi connectivity index (χ4v) is 5.87. The number of benzene rings is 3. The summed E-state index contributed by atoms with van der Waals surface area (Å²) in [6, 6.07) is 22.6. The average molecular weight is 502 g/mol. The number of methoxy groups -OCH3 is 2. The Morgan fingerprint density at radius 2 is 1.54 bits per heavy atom. The van der Waals surface area contributed by atoms with E-state index in [0.29, 0.717) is 18.1 Å². The van der Waals surface area contributed by atoms with Crippen molar-refractivity contribution in [2.45, 2.75) is 63.6 Å². The van der Waals surface area contributed by atoms with E-state index in [1.165, 1.54) is 56.1 Å². The van der Waals surface area contributed by atoms with Crippen molar-refractivity contribution in [3.05, 3.63) is 89.0 Å². The average Bonchev–Trinajstić information content (AvgIpc) is 3.68. The highest BCUT2D eigenvalue weighted by molar-refractivity contribution is 5.46. The lowest BCUT2D eigenvalue weighted by molar-refractivity contribution is 0.0794. The van der Waals surface area contributed by atoms with Gasteiger partial charge in [0.2, 0.25) is 0 Å². The maximum absolute atomic E-state index is 6.09. The highest BCUT2D eigenvalue weighted by Gasteiger charge is 2.38. The number of fused-ring (bicyclic) bond motifs is 1. The molecular weight excluding hydrogens is 462 g/mol. The van der Waals surface area contributed by atoms with Gasteiger partial charge >= 0.3 is 0 Å². The second kappa shape index (κ2) is 12.0. The highest BCUT2D eigenvalue weighted by Crippen LogP contribution is 2.50. The summed E-state index contributed by atoms with van der Waals surface area (Å²) in [5.41, 5.74) is 4.43. The molecule has 0 amide bonds. The van der Waals surface area contributed by atoms with Crippen molar-refractivity contribution in [3.63, 3.8) is 0 Å². The Kier molecular flexibility index (Phi) is 8.32. The van der Waals surface area contributed by atoms with E-state index in [2.05, 4.69) is 24.3 Å². The molecule has 3 aromatic carbocycles. The van der Waals surface area contributed by atoms with Crippen LogP contribution in [0.5, 0.6) is 17.2 Å². The first-order chi connectivity index (χ1) is 18.2. The van der Waals surface area contributed by atoms with Crippen LogP contribution in [0.3, 0.4) is 0 Å². The van der Waals surface area contributed by atoms with Crippen molar-refractivity contribution < 1.29 is 19.0 Å². The molecule has 37 heavy (non-hydrogen) atoms. The van der Waals surface area contributed by atoms with Crippen molar-refractivity contribution in [2.75, 3.05) is 14.2 Å². The first-order valence-corrected chi connectivity index (χ1v) is 13.6. The van der Waals surface area contributed by atoms with Gasteiger partial charge in [0.25, 0.3) is 0 Å². The third-order valence-corrected chi connectivity index (χ3v) is 8.18. The van der Waals surface area contributed by atoms with E-state index < -0.39 is 6.10 Å². The van der Waals surface area contributed by atoms with Gasteiger partial charge in [-0.3, -0.25) is 4.84 Å². The van der Waals surface area contributed by atoms with E-state index in [0.717, 1.165) is 34.6 Å². The molecule has 5 rings (SSSR count). The van der Waals surface area contributed by atoms with E-state index in [9.17, 15) is 0 Å². The predicted molar refractivity (Wildman–Crippen MR) is 146 cm³/mol. The summed E-state index contributed by atoms with van der Waals surface area (Å²) in [7, 11) is 3.25. The lowest BCUT2D eigenvalue weighted by Gasteiger charge is -2.19. The van der Waals surface area contributed by atoms with E-state index in [-0.39, 0.29) is 0 Å². The lowest BCUT2D eigenvalue weighted by atomic mass is 9.88. The van der Waals surface area contributed by atoms with Gasteiger partial charge in [-0.2, -0.15) is 0 Å². The van der Waals surface area contributed by atoms with Crippen LogP contribution in [0.1, 0.15) is 79.2 Å². The molecule has 0 spiro atoms. The minimum absolute atomic E-state index is 0.467. The summed E-state index contributed by atoms with van der Waals surface area (Å²) >= 11 is 0. The van der Waals surface area contributed by atoms with E-state index in [1.807, 2.05) is 42.5 Å². The molecule has 4 unspecified atom stereocenters. The molecule has 2 fully saturated rings. The van der Waals surface area contributed by atoms with Crippen molar-refractivity contribution in [3.8, 4) is 17.2 Å². The van der Waals surface area contributed by atoms with Gasteiger partial charge in [0, 0.05) is 11.6 Å². The molecule has 2 aliphatic rings. The standard InChI is InChI=1S/C32H39NO4/c1-34-29-16-17-30(31(20-29)35-2)32(37-33)24-12-14-28(15-13-24)36-21-22-8-10-23(11-9-22)25-6-4-3-5-7-26-19-27(26)18-25/h8-17,20,25-27,32H,3-7,18-19,21,33H2,1-2H3. The molecule has 2 N–H and O–H groups in total. The van der Waals surface area contributed by atoms with E-state index in [4.69, 9.17) is 24.9 Å². The molecular formula is C32H39NO4. The van der Waals surface area contributed by atoms with Crippen LogP contribution in [0.25, 0.3) is 0 Å². The maximum atomic E-state index is 6.09. The van der Waals surface area contributed by atoms with Gasteiger partial charge in [-0.25, -0.2) is 5.90 Å². The zero-order chi connectivity index (χ0) is 25.6. The van der Waals surface area contributed by atoms with E-state index >= 15 is 0 Å². The SMILES string of the molecule is COc1ccc(C(ON)c2ccc(OCc3ccc(C4CCCCCC5CC5C4)cc3)cc2)c(OC)c1. The Morgan fingerprint density at radius 1 is 0.784 bits per heavy atom. The van der Waals surface area contributed by atoms with Crippen molar-refractivity contribution in [1.29, 1.82) is 0 Å². The molecule has 0 heterocycles. The second-order valence-electron chi connectivity index (χ2n) is 10.5. The van der Waals surface area contributed by atoms with Crippen molar-refractivity contribution in [2.24, 2.45) is 17.7 Å². The summed E-state index contributed by atoms with van der Waals surface area (Å²) in [4.78, 5) is 5.34. The number of ether oxygens (including phenoxy) is 3. The fourth-order valence-electron chi connectivity index (χ4n) is 5.87. The molecule has 0 saturated heterocycles. The van der Waals surface area contributed by atoms with Gasteiger partial charge < -0.3 is 14.2 Å². The summed E-state index contributed by atoms with van der Waals surface area (Å²) in [5, 5.41) is 0. The van der Waals surface area contributed by atoms with Crippen LogP contribution >= 0.6 is 0 Å². The molecule has 0 bridgehead atoms. The normalized spacial score (nSPS) is 22.1. The van der Waals surface area contributed by atoms with E-state index in [1.54, 1.807) is 14.2 Å². The van der Waals surface area contributed by atoms with Crippen LogP contribution in [0, 0.1) is 11.8 Å². The number of hydrogen-bond donors (Lipinski definition) is 1. The van der Waals surface area contributed by atoms with Crippen LogP contribution in [-0.4, -0.2) is 14.2 Å². The summed E-state index contributed by atoms with van der Waals surface area (Å²) in [5.74, 6) is 10.6. The summed E-state index contributed by atoms with van der Waals surface area (Å²) < 4.78 is 16.9. The molecule has 2 aliphatic carbocycles. The first kappa shape index (κ1) is 25.6. The summed E-state index contributed by atoms with van der Waals surface area (Å²) in [6.45, 7) is 0.540. The van der Waals surface area contributed by atoms with Gasteiger partial charge in [0.1, 0.15) is 30.0 Å². The third-order valence-electron chi connectivity index (χ3n) is 8.18. The second-order valence-corrected chi connectivity index (χ2v) is 10.5. The number of nitrogens with two attached hydrogens (primary N) is 1. The Bertz CT molecular complexity index is 1140. The topological polar surface area (TPSA) is 62.9 Å². The Balaban J connectivity index is 1.20. The third kappa shape index (κ3) is 6.28. The fraction of sp³-hybridized carbons (Fsp3) is 0.438. The van der Waals surface area contributed by atoms with Crippen LogP contribution in [0.15, 0.2) is 66.7 Å². The monoisotopic (exact) mass is 501 g/mol. The first-order valence-electron chi connectivity index (χ1n) is 13.6. The van der Waals surface area contributed by atoms with Crippen LogP contribution in [0.4, 0.5) is 0 Å². The van der Waals surface area contributed by atoms with Crippen LogP contribution in [-0.2, 0) is 11.4 Å². The molecule has 5 nitrogen and oxygen atoms in total. The molecule has 0 aliphatic heterocycles. The molecule has 4 atom stereocenters. The zero-order valence-corrected chi connectivity index (χ0v) is 22.0. The molecule has 2 saturated carbocycles. The quantitative estimate of drug-likeness (QED) is 0.311. The van der Waals surface area contributed by atoms with Gasteiger partial charge in [-0.05, 0) is 78.0 Å². The minimum atomic E-state index is -0.467.